The van der Waals surface area contributed by atoms with E-state index >= 15 is 0 Å². The number of carbonyl (C=O) groups is 1. The predicted octanol–water partition coefficient (Wildman–Crippen LogP) is -4.22. The summed E-state index contributed by atoms with van der Waals surface area (Å²) in [6.45, 7) is -2.56. The summed E-state index contributed by atoms with van der Waals surface area (Å²) < 4.78 is 40.0. The van der Waals surface area contributed by atoms with E-state index in [2.05, 4.69) is 0 Å². The second-order valence-electron chi connectivity index (χ2n) is 13.3. The Bertz CT molecular complexity index is 1620. The van der Waals surface area contributed by atoms with Crippen LogP contribution in [0.1, 0.15) is 11.1 Å². The molecule has 0 spiro atoms. The number of hydrogen-bond acceptors (Lipinski definition) is 21. The summed E-state index contributed by atoms with van der Waals surface area (Å²) in [5.41, 5.74) is 0.729. The Kier molecular flexibility index (Phi) is 14.8. The van der Waals surface area contributed by atoms with Crippen LogP contribution in [0, 0.1) is 0 Å². The van der Waals surface area contributed by atoms with E-state index in [-0.39, 0.29) is 24.3 Å². The average molecular weight is 803 g/mol. The topological polar surface area (TPSA) is 345 Å². The third-order valence-electron chi connectivity index (χ3n) is 9.40. The zero-order chi connectivity index (χ0) is 40.8. The molecule has 3 saturated heterocycles. The molecule has 21 heteroatoms. The van der Waals surface area contributed by atoms with Crippen molar-refractivity contribution < 1.29 is 104 Å². The molecule has 5 rings (SSSR count). The summed E-state index contributed by atoms with van der Waals surface area (Å²) in [7, 11) is 0. The highest BCUT2D eigenvalue weighted by Gasteiger charge is 2.53. The van der Waals surface area contributed by atoms with Gasteiger partial charge in [0.15, 0.2) is 48.0 Å². The van der Waals surface area contributed by atoms with Crippen LogP contribution in [0.15, 0.2) is 42.5 Å². The Morgan fingerprint density at radius 1 is 0.607 bits per heavy atom. The third kappa shape index (κ3) is 10.0. The molecule has 2 aromatic rings. The molecule has 15 atom stereocenters. The van der Waals surface area contributed by atoms with Gasteiger partial charge in [-0.3, -0.25) is 0 Å². The minimum absolute atomic E-state index is 0.0840. The first-order valence-corrected chi connectivity index (χ1v) is 17.4. The Balaban J connectivity index is 1.44. The average Bonchev–Trinajstić information content (AvgIpc) is 3.18. The van der Waals surface area contributed by atoms with Crippen LogP contribution in [-0.4, -0.2) is 191 Å². The second-order valence-corrected chi connectivity index (χ2v) is 13.3. The first-order chi connectivity index (χ1) is 26.6. The van der Waals surface area contributed by atoms with Gasteiger partial charge in [0.2, 0.25) is 0 Å². The summed E-state index contributed by atoms with van der Waals surface area (Å²) in [5.74, 6) is -2.81. The van der Waals surface area contributed by atoms with E-state index in [0.29, 0.717) is 5.56 Å². The van der Waals surface area contributed by atoms with E-state index in [4.69, 9.17) is 33.2 Å². The number of hydrogen-bond donors (Lipinski definition) is 13. The predicted molar refractivity (Wildman–Crippen MR) is 181 cm³/mol. The van der Waals surface area contributed by atoms with Crippen molar-refractivity contribution in [3.8, 4) is 23.0 Å². The van der Waals surface area contributed by atoms with Crippen LogP contribution in [0.4, 0.5) is 0 Å². The maximum atomic E-state index is 13.3. The van der Waals surface area contributed by atoms with Gasteiger partial charge >= 0.3 is 5.97 Å². The lowest BCUT2D eigenvalue weighted by atomic mass is 9.96. The number of rotatable bonds is 14. The molecule has 56 heavy (non-hydrogen) atoms. The van der Waals surface area contributed by atoms with Gasteiger partial charge < -0.3 is 99.5 Å². The van der Waals surface area contributed by atoms with Crippen LogP contribution in [-0.2, 0) is 44.4 Å². The van der Waals surface area contributed by atoms with E-state index in [0.717, 1.165) is 18.2 Å². The maximum absolute atomic E-state index is 13.3. The lowest BCUT2D eigenvalue weighted by Crippen LogP contribution is -2.66. The number of phenolic OH excluding ortho intramolecular Hbond substituents is 4. The van der Waals surface area contributed by atoms with Crippen molar-refractivity contribution in [2.45, 2.75) is 98.5 Å². The second kappa shape index (κ2) is 19.1. The summed E-state index contributed by atoms with van der Waals surface area (Å²) in [6, 6.07) is 7.65. The molecule has 21 nitrogen and oxygen atoms in total. The standard InChI is InChI=1S/C35H46O21/c36-11-20-24(43)26(45)28(47)33(52-20)51-13-22-31(55-23(42)6-3-14-1-4-16(38)18(40)9-14)32(56-35-29(48)27(46)25(44)21(12-37)53-35)30(49)34(54-22)50-8-7-15-2-5-17(39)19(41)10-15/h1-6,9-10,20-22,24-41,43-49H,7-8,11-13H2/b6-3+. The number of benzene rings is 2. The molecule has 3 aliphatic heterocycles. The van der Waals surface area contributed by atoms with Crippen molar-refractivity contribution >= 4 is 12.0 Å². The van der Waals surface area contributed by atoms with Crippen molar-refractivity contribution in [1.29, 1.82) is 0 Å². The number of esters is 1. The van der Waals surface area contributed by atoms with Gasteiger partial charge in [-0.15, -0.1) is 0 Å². The minimum atomic E-state index is -1.99. The van der Waals surface area contributed by atoms with Gasteiger partial charge in [0.25, 0.3) is 0 Å². The highest BCUT2D eigenvalue weighted by Crippen LogP contribution is 2.33. The fraction of sp³-hybridized carbons (Fsp3) is 0.571. The Morgan fingerprint density at radius 2 is 1.16 bits per heavy atom. The molecular formula is C35H46O21. The lowest BCUT2D eigenvalue weighted by Gasteiger charge is -2.47. The van der Waals surface area contributed by atoms with Gasteiger partial charge in [-0.1, -0.05) is 12.1 Å². The summed E-state index contributed by atoms with van der Waals surface area (Å²) in [6.07, 6.45) is -24.1. The lowest BCUT2D eigenvalue weighted by molar-refractivity contribution is -0.366. The molecule has 3 aliphatic rings. The molecular weight excluding hydrogens is 756 g/mol. The van der Waals surface area contributed by atoms with Crippen molar-refractivity contribution in [3.63, 3.8) is 0 Å². The Morgan fingerprint density at radius 3 is 1.77 bits per heavy atom. The fourth-order valence-corrected chi connectivity index (χ4v) is 6.19. The fourth-order valence-electron chi connectivity index (χ4n) is 6.19. The highest BCUT2D eigenvalue weighted by molar-refractivity contribution is 5.87. The number of phenols is 4. The molecule has 0 saturated carbocycles. The van der Waals surface area contributed by atoms with Crippen LogP contribution in [0.2, 0.25) is 0 Å². The molecule has 312 valence electrons. The maximum Gasteiger partial charge on any atom is 0.331 e. The van der Waals surface area contributed by atoms with E-state index in [9.17, 15) is 71.2 Å². The van der Waals surface area contributed by atoms with Crippen LogP contribution >= 0.6 is 0 Å². The molecule has 3 fully saturated rings. The van der Waals surface area contributed by atoms with Gasteiger partial charge in [-0.05, 0) is 47.9 Å². The highest BCUT2D eigenvalue weighted by atomic mass is 16.8. The molecule has 13 N–H and O–H groups in total. The van der Waals surface area contributed by atoms with Gasteiger partial charge in [0, 0.05) is 6.08 Å². The molecule has 0 aliphatic carbocycles. The smallest absolute Gasteiger partial charge is 0.331 e. The summed E-state index contributed by atoms with van der Waals surface area (Å²) in [5, 5.41) is 133. The molecule has 15 unspecified atom stereocenters. The SMILES string of the molecule is O=C(/C=C/c1ccc(O)c(O)c1)OC1C(COC2OC(CO)C(O)C(O)C2O)OC(OCCc2ccc(O)c(O)c2)C(O)C1OC1OC(CO)C(O)C(O)C1O. The quantitative estimate of drug-likeness (QED) is 0.0489. The van der Waals surface area contributed by atoms with Gasteiger partial charge in [0.05, 0.1) is 26.4 Å². The van der Waals surface area contributed by atoms with Crippen LogP contribution in [0.25, 0.3) is 6.08 Å². The molecule has 0 aromatic heterocycles. The number of aromatic hydroxyl groups is 4. The first kappa shape index (κ1) is 43.4. The normalized spacial score (nSPS) is 36.4. The zero-order valence-corrected chi connectivity index (χ0v) is 29.4. The van der Waals surface area contributed by atoms with Crippen molar-refractivity contribution in [1.82, 2.24) is 0 Å². The van der Waals surface area contributed by atoms with Crippen LogP contribution in [0.3, 0.4) is 0 Å². The Labute approximate surface area is 317 Å². The van der Waals surface area contributed by atoms with E-state index < -0.39 is 135 Å². The van der Waals surface area contributed by atoms with Gasteiger partial charge in [-0.2, -0.15) is 0 Å². The van der Waals surface area contributed by atoms with Crippen molar-refractivity contribution in [2.75, 3.05) is 26.4 Å². The number of aliphatic hydroxyl groups is 9. The van der Waals surface area contributed by atoms with Crippen LogP contribution < -0.4 is 0 Å². The summed E-state index contributed by atoms with van der Waals surface area (Å²) in [4.78, 5) is 13.3. The van der Waals surface area contributed by atoms with Gasteiger partial charge in [0.1, 0.15) is 67.1 Å². The molecule has 0 amide bonds. The van der Waals surface area contributed by atoms with Gasteiger partial charge in [-0.25, -0.2) is 4.79 Å². The van der Waals surface area contributed by atoms with E-state index in [1.54, 1.807) is 0 Å². The first-order valence-electron chi connectivity index (χ1n) is 17.4. The molecule has 0 bridgehead atoms. The Hall–Kier alpha value is -3.75. The minimum Gasteiger partial charge on any atom is -0.504 e. The van der Waals surface area contributed by atoms with E-state index in [1.165, 1.54) is 30.3 Å². The molecule has 0 radical (unpaired) electrons. The van der Waals surface area contributed by atoms with Crippen molar-refractivity contribution in [2.24, 2.45) is 0 Å². The number of aliphatic hydroxyl groups excluding tert-OH is 9. The summed E-state index contributed by atoms with van der Waals surface area (Å²) >= 11 is 0. The third-order valence-corrected chi connectivity index (χ3v) is 9.40. The number of ether oxygens (including phenoxy) is 7. The van der Waals surface area contributed by atoms with E-state index in [1.807, 2.05) is 0 Å². The zero-order valence-electron chi connectivity index (χ0n) is 29.4. The number of carbonyl (C=O) groups excluding carboxylic acids is 1. The largest absolute Gasteiger partial charge is 0.504 e. The molecule has 3 heterocycles. The van der Waals surface area contributed by atoms with Crippen molar-refractivity contribution in [3.05, 3.63) is 53.6 Å². The molecule has 2 aromatic carbocycles. The van der Waals surface area contributed by atoms with Crippen LogP contribution in [0.5, 0.6) is 23.0 Å². The monoisotopic (exact) mass is 802 g/mol.